The van der Waals surface area contributed by atoms with Gasteiger partial charge in [0.1, 0.15) is 5.75 Å². The molecule has 29 heavy (non-hydrogen) atoms. The lowest BCUT2D eigenvalue weighted by Crippen LogP contribution is -2.17. The predicted octanol–water partition coefficient (Wildman–Crippen LogP) is 2.55. The zero-order chi connectivity index (χ0) is 20.5. The van der Waals surface area contributed by atoms with Crippen LogP contribution in [0, 0.1) is 0 Å². The van der Waals surface area contributed by atoms with Crippen LogP contribution in [-0.4, -0.2) is 22.6 Å². The van der Waals surface area contributed by atoms with Crippen LogP contribution in [-0.2, 0) is 18.3 Å². The molecule has 1 amide bonds. The molecule has 0 unspecified atom stereocenters. The van der Waals surface area contributed by atoms with E-state index < -0.39 is 5.76 Å². The fraction of sp³-hybridized carbons (Fsp3) is 0.190. The summed E-state index contributed by atoms with van der Waals surface area (Å²) >= 11 is 0. The molecule has 4 rings (SSSR count). The van der Waals surface area contributed by atoms with Gasteiger partial charge >= 0.3 is 5.76 Å². The molecule has 0 saturated heterocycles. The van der Waals surface area contributed by atoms with Gasteiger partial charge in [-0.2, -0.15) is 0 Å². The summed E-state index contributed by atoms with van der Waals surface area (Å²) in [6.45, 7) is 0. The number of H-pyrrole nitrogens is 1. The van der Waals surface area contributed by atoms with E-state index >= 15 is 0 Å². The first-order chi connectivity index (χ1) is 13.9. The number of hydrogen-bond acceptors (Lipinski definition) is 5. The Morgan fingerprint density at radius 1 is 1.17 bits per heavy atom. The van der Waals surface area contributed by atoms with Crippen molar-refractivity contribution in [1.82, 2.24) is 9.55 Å². The molecule has 0 radical (unpaired) electrons. The number of oxazole rings is 1. The molecule has 0 saturated carbocycles. The number of amides is 1. The van der Waals surface area contributed by atoms with Crippen molar-refractivity contribution in [2.75, 3.05) is 12.4 Å². The number of anilines is 1. The van der Waals surface area contributed by atoms with Crippen molar-refractivity contribution in [3.8, 4) is 5.75 Å². The van der Waals surface area contributed by atoms with Crippen molar-refractivity contribution in [2.45, 2.75) is 12.8 Å². The van der Waals surface area contributed by atoms with Crippen molar-refractivity contribution < 1.29 is 13.9 Å². The fourth-order valence-electron chi connectivity index (χ4n) is 3.23. The molecule has 0 bridgehead atoms. The maximum atomic E-state index is 12.3. The van der Waals surface area contributed by atoms with Crippen LogP contribution in [0.3, 0.4) is 0 Å². The quantitative estimate of drug-likeness (QED) is 0.542. The maximum Gasteiger partial charge on any atom is 0.419 e. The summed E-state index contributed by atoms with van der Waals surface area (Å²) < 4.78 is 11.7. The number of carbonyl (C=O) groups is 1. The van der Waals surface area contributed by atoms with Gasteiger partial charge in [-0.25, -0.2) is 4.79 Å². The first-order valence-electron chi connectivity index (χ1n) is 9.04. The number of benzene rings is 2. The third-order valence-electron chi connectivity index (χ3n) is 4.83. The Labute approximate surface area is 164 Å². The van der Waals surface area contributed by atoms with Crippen molar-refractivity contribution in [3.63, 3.8) is 0 Å². The van der Waals surface area contributed by atoms with Crippen LogP contribution >= 0.6 is 0 Å². The SMILES string of the molecule is COc1ccc2[nH]c(=O)c(CCC(=O)Nc3ccc4c(c3)oc(=O)n4C)cc2c1. The second-order valence-corrected chi connectivity index (χ2v) is 6.73. The van der Waals surface area contributed by atoms with E-state index in [-0.39, 0.29) is 24.3 Å². The summed E-state index contributed by atoms with van der Waals surface area (Å²) in [5.74, 6) is -0.0143. The van der Waals surface area contributed by atoms with E-state index in [1.54, 1.807) is 50.6 Å². The zero-order valence-corrected chi connectivity index (χ0v) is 15.9. The molecule has 2 heterocycles. The molecule has 0 aliphatic heterocycles. The van der Waals surface area contributed by atoms with Crippen LogP contribution in [0.1, 0.15) is 12.0 Å². The van der Waals surface area contributed by atoms with Gasteiger partial charge in [0.2, 0.25) is 5.91 Å². The molecular weight excluding hydrogens is 374 g/mol. The fourth-order valence-corrected chi connectivity index (χ4v) is 3.23. The molecule has 0 aliphatic rings. The number of pyridine rings is 1. The van der Waals surface area contributed by atoms with E-state index in [9.17, 15) is 14.4 Å². The highest BCUT2D eigenvalue weighted by atomic mass is 16.5. The topological polar surface area (TPSA) is 106 Å². The Morgan fingerprint density at radius 2 is 2.00 bits per heavy atom. The maximum absolute atomic E-state index is 12.3. The molecule has 0 aliphatic carbocycles. The number of aromatic nitrogens is 2. The van der Waals surface area contributed by atoms with Gasteiger partial charge < -0.3 is 19.5 Å². The van der Waals surface area contributed by atoms with Gasteiger partial charge in [0.05, 0.1) is 12.6 Å². The Kier molecular flexibility index (Phi) is 4.67. The number of nitrogens with one attached hydrogen (secondary N) is 2. The lowest BCUT2D eigenvalue weighted by Gasteiger charge is -2.07. The third-order valence-corrected chi connectivity index (χ3v) is 4.83. The number of ether oxygens (including phenoxy) is 1. The molecule has 0 spiro atoms. The Bertz CT molecular complexity index is 1350. The summed E-state index contributed by atoms with van der Waals surface area (Å²) in [6.07, 6.45) is 0.423. The van der Waals surface area contributed by atoms with E-state index in [0.717, 1.165) is 5.39 Å². The van der Waals surface area contributed by atoms with Gasteiger partial charge in [0.15, 0.2) is 5.58 Å². The lowest BCUT2D eigenvalue weighted by molar-refractivity contribution is -0.116. The number of rotatable bonds is 5. The predicted molar refractivity (Wildman–Crippen MR) is 110 cm³/mol. The first-order valence-corrected chi connectivity index (χ1v) is 9.04. The van der Waals surface area contributed by atoms with E-state index in [4.69, 9.17) is 9.15 Å². The summed E-state index contributed by atoms with van der Waals surface area (Å²) in [4.78, 5) is 39.0. The number of methoxy groups -OCH3 is 1. The Morgan fingerprint density at radius 3 is 2.79 bits per heavy atom. The molecule has 8 heteroatoms. The average Bonchev–Trinajstić information content (AvgIpc) is 2.99. The Hall–Kier alpha value is -3.81. The van der Waals surface area contributed by atoms with Crippen LogP contribution in [0.25, 0.3) is 22.0 Å². The van der Waals surface area contributed by atoms with Crippen molar-refractivity contribution >= 4 is 33.6 Å². The number of aromatic amines is 1. The smallest absolute Gasteiger partial charge is 0.419 e. The third kappa shape index (κ3) is 3.64. The van der Waals surface area contributed by atoms with Crippen LogP contribution in [0.4, 0.5) is 5.69 Å². The molecule has 4 aromatic rings. The summed E-state index contributed by atoms with van der Waals surface area (Å²) in [7, 11) is 3.19. The number of aryl methyl sites for hydroxylation is 2. The van der Waals surface area contributed by atoms with Gasteiger partial charge in [-0.05, 0) is 42.8 Å². The van der Waals surface area contributed by atoms with Crippen LogP contribution < -0.4 is 21.4 Å². The number of fused-ring (bicyclic) bond motifs is 2. The second kappa shape index (κ2) is 7.31. The molecule has 2 aromatic heterocycles. The highest BCUT2D eigenvalue weighted by Gasteiger charge is 2.10. The molecule has 148 valence electrons. The standard InChI is InChI=1S/C21H19N3O5/c1-24-17-7-4-14(11-18(17)29-21(24)27)22-19(25)8-3-12-9-13-10-15(28-2)5-6-16(13)23-20(12)26/h4-7,9-11H,3,8H2,1-2H3,(H,22,25)(H,23,26). The van der Waals surface area contributed by atoms with Gasteiger partial charge in [0.25, 0.3) is 5.56 Å². The van der Waals surface area contributed by atoms with E-state index in [2.05, 4.69) is 10.3 Å². The number of carbonyl (C=O) groups excluding carboxylic acids is 1. The van der Waals surface area contributed by atoms with E-state index in [1.807, 2.05) is 6.07 Å². The van der Waals surface area contributed by atoms with Crippen molar-refractivity contribution in [3.05, 3.63) is 68.9 Å². The van der Waals surface area contributed by atoms with Crippen molar-refractivity contribution in [1.29, 1.82) is 0 Å². The number of hydrogen-bond donors (Lipinski definition) is 2. The van der Waals surface area contributed by atoms with Crippen LogP contribution in [0.15, 0.2) is 56.5 Å². The molecular formula is C21H19N3O5. The summed E-state index contributed by atoms with van der Waals surface area (Å²) in [6, 6.07) is 12.2. The van der Waals surface area contributed by atoms with Gasteiger partial charge in [-0.15, -0.1) is 0 Å². The molecule has 0 atom stereocenters. The second-order valence-electron chi connectivity index (χ2n) is 6.73. The molecule has 2 N–H and O–H groups in total. The van der Waals surface area contributed by atoms with E-state index in [1.165, 1.54) is 4.57 Å². The molecule has 2 aromatic carbocycles. The summed E-state index contributed by atoms with van der Waals surface area (Å²) in [5.41, 5.74) is 2.57. The number of nitrogens with zero attached hydrogens (tertiary/aromatic N) is 1. The minimum atomic E-state index is -0.462. The normalized spacial score (nSPS) is 11.1. The van der Waals surface area contributed by atoms with Crippen molar-refractivity contribution in [2.24, 2.45) is 7.05 Å². The van der Waals surface area contributed by atoms with Crippen LogP contribution in [0.2, 0.25) is 0 Å². The summed E-state index contributed by atoms with van der Waals surface area (Å²) in [5, 5.41) is 3.60. The zero-order valence-electron chi connectivity index (χ0n) is 15.9. The van der Waals surface area contributed by atoms with Crippen LogP contribution in [0.5, 0.6) is 5.75 Å². The minimum Gasteiger partial charge on any atom is -0.497 e. The van der Waals surface area contributed by atoms with E-state index in [0.29, 0.717) is 33.6 Å². The van der Waals surface area contributed by atoms with Gasteiger partial charge in [-0.1, -0.05) is 0 Å². The average molecular weight is 393 g/mol. The highest BCUT2D eigenvalue weighted by Crippen LogP contribution is 2.20. The first kappa shape index (κ1) is 18.5. The molecule has 8 nitrogen and oxygen atoms in total. The monoisotopic (exact) mass is 393 g/mol. The highest BCUT2D eigenvalue weighted by molar-refractivity contribution is 5.93. The lowest BCUT2D eigenvalue weighted by atomic mass is 10.1. The largest absolute Gasteiger partial charge is 0.497 e. The van der Waals surface area contributed by atoms with Gasteiger partial charge in [-0.3, -0.25) is 14.2 Å². The van der Waals surface area contributed by atoms with Gasteiger partial charge in [0, 0.05) is 41.7 Å². The molecule has 0 fully saturated rings. The minimum absolute atomic E-state index is 0.134. The Balaban J connectivity index is 1.48.